The summed E-state index contributed by atoms with van der Waals surface area (Å²) in [5, 5.41) is 3.88. The van der Waals surface area contributed by atoms with Gasteiger partial charge in [-0.3, -0.25) is 4.79 Å². The van der Waals surface area contributed by atoms with Crippen LogP contribution >= 0.6 is 0 Å². The molecule has 0 atom stereocenters. The van der Waals surface area contributed by atoms with E-state index in [0.29, 0.717) is 11.5 Å². The molecule has 106 valence electrons. The second-order valence-corrected chi connectivity index (χ2v) is 4.94. The Bertz CT molecular complexity index is 757. The van der Waals surface area contributed by atoms with Gasteiger partial charge in [0.1, 0.15) is 5.69 Å². The van der Waals surface area contributed by atoms with E-state index in [0.717, 1.165) is 16.7 Å². The van der Waals surface area contributed by atoms with Gasteiger partial charge in [0.15, 0.2) is 5.76 Å². The molecule has 0 aliphatic carbocycles. The van der Waals surface area contributed by atoms with E-state index in [-0.39, 0.29) is 5.91 Å². The smallest absolute Gasteiger partial charge is 0.269 e. The number of carbonyl (C=O) groups excluding carboxylic acids is 1. The third-order valence-corrected chi connectivity index (χ3v) is 3.24. The SMILES string of the molecule is CN(C)C(=O)c1cc(-c2oncc2-c2ccccc2)c[nH]1. The number of H-pyrrole nitrogens is 1. The number of hydrogen-bond donors (Lipinski definition) is 1. The van der Waals surface area contributed by atoms with Crippen molar-refractivity contribution < 1.29 is 9.32 Å². The van der Waals surface area contributed by atoms with Gasteiger partial charge in [-0.05, 0) is 11.6 Å². The fraction of sp³-hybridized carbons (Fsp3) is 0.125. The van der Waals surface area contributed by atoms with Crippen molar-refractivity contribution >= 4 is 5.91 Å². The van der Waals surface area contributed by atoms with E-state index in [1.54, 1.807) is 32.6 Å². The lowest BCUT2D eigenvalue weighted by molar-refractivity contribution is 0.0822. The van der Waals surface area contributed by atoms with Gasteiger partial charge in [-0.25, -0.2) is 0 Å². The Morgan fingerprint density at radius 2 is 1.95 bits per heavy atom. The highest BCUT2D eigenvalue weighted by molar-refractivity contribution is 5.94. The zero-order valence-corrected chi connectivity index (χ0v) is 11.8. The standard InChI is InChI=1S/C16H15N3O2/c1-19(2)16(20)14-8-12(9-17-14)15-13(10-18-21-15)11-6-4-3-5-7-11/h3-10,17H,1-2H3. The molecule has 0 bridgehead atoms. The van der Waals surface area contributed by atoms with Gasteiger partial charge >= 0.3 is 0 Å². The zero-order chi connectivity index (χ0) is 14.8. The van der Waals surface area contributed by atoms with Crippen molar-refractivity contribution in [1.29, 1.82) is 0 Å². The van der Waals surface area contributed by atoms with E-state index in [9.17, 15) is 4.79 Å². The third kappa shape index (κ3) is 2.45. The average Bonchev–Trinajstić information content (AvgIpc) is 3.16. The van der Waals surface area contributed by atoms with Crippen LogP contribution in [0.5, 0.6) is 0 Å². The predicted octanol–water partition coefficient (Wildman–Crippen LogP) is 3.04. The minimum atomic E-state index is -0.0815. The first-order chi connectivity index (χ1) is 10.2. The molecule has 0 spiro atoms. The Kier molecular flexibility index (Phi) is 3.31. The largest absolute Gasteiger partial charge is 0.356 e. The summed E-state index contributed by atoms with van der Waals surface area (Å²) in [5.74, 6) is 0.567. The number of benzene rings is 1. The molecule has 3 rings (SSSR count). The molecule has 5 nitrogen and oxygen atoms in total. The summed E-state index contributed by atoms with van der Waals surface area (Å²) >= 11 is 0. The molecule has 0 aliphatic rings. The van der Waals surface area contributed by atoms with Crippen LogP contribution in [0, 0.1) is 0 Å². The van der Waals surface area contributed by atoms with Crippen LogP contribution in [0.3, 0.4) is 0 Å². The molecule has 21 heavy (non-hydrogen) atoms. The van der Waals surface area contributed by atoms with Crippen molar-refractivity contribution in [2.24, 2.45) is 0 Å². The van der Waals surface area contributed by atoms with Gasteiger partial charge in [0.2, 0.25) is 0 Å². The number of aromatic nitrogens is 2. The maximum atomic E-state index is 11.9. The van der Waals surface area contributed by atoms with Crippen molar-refractivity contribution in [2.75, 3.05) is 14.1 Å². The lowest BCUT2D eigenvalue weighted by Crippen LogP contribution is -2.21. The molecule has 0 fully saturated rings. The van der Waals surface area contributed by atoms with Crippen LogP contribution < -0.4 is 0 Å². The number of nitrogens with one attached hydrogen (secondary N) is 1. The van der Waals surface area contributed by atoms with Crippen LogP contribution in [-0.4, -0.2) is 35.0 Å². The Hall–Kier alpha value is -2.82. The van der Waals surface area contributed by atoms with Gasteiger partial charge in [0, 0.05) is 31.4 Å². The molecule has 5 heteroatoms. The molecular weight excluding hydrogens is 266 g/mol. The molecule has 0 radical (unpaired) electrons. The summed E-state index contributed by atoms with van der Waals surface area (Å²) < 4.78 is 5.36. The molecule has 0 saturated heterocycles. The lowest BCUT2D eigenvalue weighted by Gasteiger charge is -2.07. The maximum Gasteiger partial charge on any atom is 0.269 e. The second kappa shape index (κ2) is 5.28. The minimum absolute atomic E-state index is 0.0815. The van der Waals surface area contributed by atoms with Crippen molar-refractivity contribution in [3.63, 3.8) is 0 Å². The maximum absolute atomic E-state index is 11.9. The quantitative estimate of drug-likeness (QED) is 0.802. The van der Waals surface area contributed by atoms with E-state index in [1.807, 2.05) is 30.3 Å². The van der Waals surface area contributed by atoms with Crippen LogP contribution in [0.1, 0.15) is 10.5 Å². The summed E-state index contributed by atoms with van der Waals surface area (Å²) in [6.07, 6.45) is 3.44. The van der Waals surface area contributed by atoms with E-state index < -0.39 is 0 Å². The normalized spacial score (nSPS) is 10.6. The lowest BCUT2D eigenvalue weighted by atomic mass is 10.0. The topological polar surface area (TPSA) is 62.1 Å². The molecule has 0 unspecified atom stereocenters. The highest BCUT2D eigenvalue weighted by Crippen LogP contribution is 2.32. The van der Waals surface area contributed by atoms with Crippen molar-refractivity contribution in [1.82, 2.24) is 15.0 Å². The third-order valence-electron chi connectivity index (χ3n) is 3.24. The van der Waals surface area contributed by atoms with Gasteiger partial charge in [-0.15, -0.1) is 0 Å². The number of hydrogen-bond acceptors (Lipinski definition) is 3. The fourth-order valence-corrected chi connectivity index (χ4v) is 2.16. The highest BCUT2D eigenvalue weighted by Gasteiger charge is 2.17. The van der Waals surface area contributed by atoms with E-state index in [1.165, 1.54) is 4.90 Å². The second-order valence-electron chi connectivity index (χ2n) is 4.94. The van der Waals surface area contributed by atoms with Crippen LogP contribution in [0.15, 0.2) is 53.3 Å². The van der Waals surface area contributed by atoms with Gasteiger partial charge < -0.3 is 14.4 Å². The molecule has 1 N–H and O–H groups in total. The number of carbonyl (C=O) groups is 1. The summed E-state index contributed by atoms with van der Waals surface area (Å²) in [4.78, 5) is 16.4. The molecule has 2 heterocycles. The molecule has 0 aliphatic heterocycles. The Labute approximate surface area is 122 Å². The summed E-state index contributed by atoms with van der Waals surface area (Å²) in [6, 6.07) is 11.6. The van der Waals surface area contributed by atoms with Crippen molar-refractivity contribution in [3.05, 3.63) is 54.5 Å². The number of rotatable bonds is 3. The van der Waals surface area contributed by atoms with E-state index in [4.69, 9.17) is 4.52 Å². The average molecular weight is 281 g/mol. The molecule has 0 saturated carbocycles. The van der Waals surface area contributed by atoms with Crippen molar-refractivity contribution in [3.8, 4) is 22.5 Å². The molecule has 1 amide bonds. The zero-order valence-electron chi connectivity index (χ0n) is 11.8. The number of aromatic amines is 1. The number of amides is 1. The van der Waals surface area contributed by atoms with Crippen LogP contribution in [0.4, 0.5) is 0 Å². The molecule has 3 aromatic rings. The van der Waals surface area contributed by atoms with Crippen LogP contribution in [0.25, 0.3) is 22.5 Å². The van der Waals surface area contributed by atoms with Crippen LogP contribution in [0.2, 0.25) is 0 Å². The first kappa shape index (κ1) is 13.2. The van der Waals surface area contributed by atoms with E-state index >= 15 is 0 Å². The molecule has 1 aromatic carbocycles. The van der Waals surface area contributed by atoms with Gasteiger partial charge in [-0.2, -0.15) is 0 Å². The van der Waals surface area contributed by atoms with E-state index in [2.05, 4.69) is 10.1 Å². The molecule has 2 aromatic heterocycles. The first-order valence-corrected chi connectivity index (χ1v) is 6.57. The first-order valence-electron chi connectivity index (χ1n) is 6.57. The highest BCUT2D eigenvalue weighted by atomic mass is 16.5. The summed E-state index contributed by atoms with van der Waals surface area (Å²) in [5.41, 5.74) is 3.25. The minimum Gasteiger partial charge on any atom is -0.356 e. The monoisotopic (exact) mass is 281 g/mol. The van der Waals surface area contributed by atoms with Crippen LogP contribution in [-0.2, 0) is 0 Å². The Balaban J connectivity index is 2.00. The number of nitrogens with zero attached hydrogens (tertiary/aromatic N) is 2. The van der Waals surface area contributed by atoms with Crippen molar-refractivity contribution in [2.45, 2.75) is 0 Å². The van der Waals surface area contributed by atoms with Gasteiger partial charge in [-0.1, -0.05) is 35.5 Å². The molecular formula is C16H15N3O2. The fourth-order valence-electron chi connectivity index (χ4n) is 2.16. The predicted molar refractivity (Wildman–Crippen MR) is 79.7 cm³/mol. The van der Waals surface area contributed by atoms with Gasteiger partial charge in [0.25, 0.3) is 5.91 Å². The Morgan fingerprint density at radius 3 is 2.67 bits per heavy atom. The summed E-state index contributed by atoms with van der Waals surface area (Å²) in [6.45, 7) is 0. The Morgan fingerprint density at radius 1 is 1.19 bits per heavy atom. The van der Waals surface area contributed by atoms with Gasteiger partial charge in [0.05, 0.1) is 6.20 Å². The summed E-state index contributed by atoms with van der Waals surface area (Å²) in [7, 11) is 3.43.